The van der Waals surface area contributed by atoms with Crippen molar-refractivity contribution in [2.45, 2.75) is 109 Å². The van der Waals surface area contributed by atoms with Gasteiger partial charge in [0.2, 0.25) is 5.91 Å². The molecule has 23 heavy (non-hydrogen) atoms. The van der Waals surface area contributed by atoms with Gasteiger partial charge in [-0.1, -0.05) is 80.6 Å². The van der Waals surface area contributed by atoms with Gasteiger partial charge in [-0.05, 0) is 32.1 Å². The molecule has 0 aromatic rings. The van der Waals surface area contributed by atoms with E-state index in [9.17, 15) is 4.79 Å². The molecule has 3 heteroatoms. The maximum Gasteiger partial charge on any atom is 0.219 e. The molecule has 0 heterocycles. The van der Waals surface area contributed by atoms with E-state index in [-0.39, 0.29) is 5.54 Å². The molecule has 2 nitrogen and oxygen atoms in total. The van der Waals surface area contributed by atoms with Gasteiger partial charge in [0, 0.05) is 24.3 Å². The Morgan fingerprint density at radius 3 is 2.22 bits per heavy atom. The number of rotatable bonds is 12. The summed E-state index contributed by atoms with van der Waals surface area (Å²) >= 11 is 3.51. The van der Waals surface area contributed by atoms with Crippen LogP contribution in [0.2, 0.25) is 0 Å². The maximum absolute atomic E-state index is 12.4. The molecular weight excluding hydrogens is 350 g/mol. The Morgan fingerprint density at radius 2 is 1.61 bits per heavy atom. The van der Waals surface area contributed by atoms with E-state index in [1.165, 1.54) is 83.5 Å². The predicted molar refractivity (Wildman–Crippen MR) is 104 cm³/mol. The largest absolute Gasteiger partial charge is 0.337 e. The molecule has 1 aliphatic rings. The molecule has 0 spiro atoms. The summed E-state index contributed by atoms with van der Waals surface area (Å²) in [5.41, 5.74) is 0.185. The minimum absolute atomic E-state index is 0.185. The van der Waals surface area contributed by atoms with Crippen LogP contribution in [0.5, 0.6) is 0 Å². The van der Waals surface area contributed by atoms with Crippen molar-refractivity contribution in [2.24, 2.45) is 0 Å². The van der Waals surface area contributed by atoms with Gasteiger partial charge in [0.15, 0.2) is 0 Å². The third-order valence-electron chi connectivity index (χ3n) is 5.50. The summed E-state index contributed by atoms with van der Waals surface area (Å²) in [6.45, 7) is 5.03. The van der Waals surface area contributed by atoms with Crippen LogP contribution in [-0.2, 0) is 4.79 Å². The molecule has 1 rings (SSSR count). The van der Waals surface area contributed by atoms with Crippen LogP contribution >= 0.6 is 15.9 Å². The molecule has 0 unspecified atom stereocenters. The Labute approximate surface area is 152 Å². The summed E-state index contributed by atoms with van der Waals surface area (Å²) in [4.78, 5) is 14.6. The third kappa shape index (κ3) is 7.58. The quantitative estimate of drug-likeness (QED) is 0.277. The van der Waals surface area contributed by atoms with Crippen LogP contribution < -0.4 is 0 Å². The van der Waals surface area contributed by atoms with Crippen molar-refractivity contribution in [1.82, 2.24) is 4.90 Å². The van der Waals surface area contributed by atoms with Crippen LogP contribution in [0.3, 0.4) is 0 Å². The van der Waals surface area contributed by atoms with E-state index in [1.807, 2.05) is 0 Å². The lowest BCUT2D eigenvalue weighted by Gasteiger charge is -2.47. The van der Waals surface area contributed by atoms with Crippen molar-refractivity contribution in [3.8, 4) is 0 Å². The molecule has 0 aromatic carbocycles. The monoisotopic (exact) mass is 387 g/mol. The van der Waals surface area contributed by atoms with E-state index in [0.29, 0.717) is 5.91 Å². The lowest BCUT2D eigenvalue weighted by Crippen LogP contribution is -2.52. The summed E-state index contributed by atoms with van der Waals surface area (Å²) in [6, 6.07) is 0. The Hall–Kier alpha value is -0.0500. The highest BCUT2D eigenvalue weighted by atomic mass is 79.9. The average molecular weight is 388 g/mol. The van der Waals surface area contributed by atoms with Gasteiger partial charge in [0.1, 0.15) is 0 Å². The highest BCUT2D eigenvalue weighted by molar-refractivity contribution is 9.09. The maximum atomic E-state index is 12.4. The fraction of sp³-hybridized carbons (Fsp3) is 0.950. The fourth-order valence-electron chi connectivity index (χ4n) is 4.19. The van der Waals surface area contributed by atoms with Gasteiger partial charge in [-0.3, -0.25) is 4.79 Å². The number of halogens is 1. The molecule has 0 atom stereocenters. The first-order valence-electron chi connectivity index (χ1n) is 10.0. The van der Waals surface area contributed by atoms with Gasteiger partial charge in [0.05, 0.1) is 0 Å². The van der Waals surface area contributed by atoms with Gasteiger partial charge < -0.3 is 4.90 Å². The van der Waals surface area contributed by atoms with Crippen molar-refractivity contribution in [3.63, 3.8) is 0 Å². The van der Waals surface area contributed by atoms with Crippen molar-refractivity contribution >= 4 is 21.8 Å². The number of carbonyl (C=O) groups is 1. The number of carbonyl (C=O) groups excluding carboxylic acids is 1. The average Bonchev–Trinajstić information content (AvgIpc) is 2.55. The molecular formula is C20H38BrNO. The lowest BCUT2D eigenvalue weighted by molar-refractivity contribution is -0.137. The van der Waals surface area contributed by atoms with Crippen LogP contribution in [0.25, 0.3) is 0 Å². The number of unbranched alkanes of at least 4 members (excludes halogenated alkanes) is 6. The Kier molecular flexibility index (Phi) is 11.3. The predicted octanol–water partition coefficient (Wildman–Crippen LogP) is 6.46. The summed E-state index contributed by atoms with van der Waals surface area (Å²) in [5.74, 6) is 0.305. The van der Waals surface area contributed by atoms with Gasteiger partial charge in [0.25, 0.3) is 0 Å². The van der Waals surface area contributed by atoms with E-state index in [4.69, 9.17) is 0 Å². The Morgan fingerprint density at radius 1 is 0.957 bits per heavy atom. The van der Waals surface area contributed by atoms with Gasteiger partial charge >= 0.3 is 0 Å². The number of alkyl halides is 1. The zero-order chi connectivity index (χ0) is 17.0. The SMILES string of the molecule is CCCCCCCC1(N(CCCCCBr)C(C)=O)CCCCC1. The molecule has 136 valence electrons. The number of hydrogen-bond acceptors (Lipinski definition) is 1. The van der Waals surface area contributed by atoms with Crippen LogP contribution in [0.4, 0.5) is 0 Å². The van der Waals surface area contributed by atoms with E-state index in [2.05, 4.69) is 27.8 Å². The molecule has 1 saturated carbocycles. The topological polar surface area (TPSA) is 20.3 Å². The zero-order valence-electron chi connectivity index (χ0n) is 15.5. The number of amides is 1. The highest BCUT2D eigenvalue weighted by Crippen LogP contribution is 2.38. The summed E-state index contributed by atoms with van der Waals surface area (Å²) in [5, 5.41) is 1.08. The van der Waals surface area contributed by atoms with Crippen LogP contribution in [0.15, 0.2) is 0 Å². The van der Waals surface area contributed by atoms with Crippen molar-refractivity contribution in [1.29, 1.82) is 0 Å². The minimum atomic E-state index is 0.185. The van der Waals surface area contributed by atoms with E-state index < -0.39 is 0 Å². The minimum Gasteiger partial charge on any atom is -0.337 e. The molecule has 0 radical (unpaired) electrons. The first-order valence-corrected chi connectivity index (χ1v) is 11.1. The number of hydrogen-bond donors (Lipinski definition) is 0. The van der Waals surface area contributed by atoms with Crippen LogP contribution in [0, 0.1) is 0 Å². The second-order valence-corrected chi connectivity index (χ2v) is 8.16. The second kappa shape index (κ2) is 12.3. The highest BCUT2D eigenvalue weighted by Gasteiger charge is 2.38. The molecule has 1 aliphatic carbocycles. The van der Waals surface area contributed by atoms with E-state index in [1.54, 1.807) is 6.92 Å². The normalized spacial score (nSPS) is 17.2. The van der Waals surface area contributed by atoms with Crippen LogP contribution in [0.1, 0.15) is 104 Å². The lowest BCUT2D eigenvalue weighted by atomic mass is 9.76. The summed E-state index contributed by atoms with van der Waals surface area (Å²) in [6.07, 6.45) is 17.9. The van der Waals surface area contributed by atoms with E-state index in [0.717, 1.165) is 18.3 Å². The van der Waals surface area contributed by atoms with Crippen molar-refractivity contribution < 1.29 is 4.79 Å². The van der Waals surface area contributed by atoms with E-state index >= 15 is 0 Å². The molecule has 1 fully saturated rings. The Balaban J connectivity index is 2.60. The molecule has 0 bridgehead atoms. The smallest absolute Gasteiger partial charge is 0.219 e. The molecule has 1 amide bonds. The fourth-order valence-corrected chi connectivity index (χ4v) is 4.59. The van der Waals surface area contributed by atoms with Crippen molar-refractivity contribution in [3.05, 3.63) is 0 Å². The third-order valence-corrected chi connectivity index (χ3v) is 6.06. The van der Waals surface area contributed by atoms with Gasteiger partial charge in [-0.25, -0.2) is 0 Å². The molecule has 0 aromatic heterocycles. The van der Waals surface area contributed by atoms with Gasteiger partial charge in [-0.2, -0.15) is 0 Å². The first-order chi connectivity index (χ1) is 11.2. The van der Waals surface area contributed by atoms with Crippen molar-refractivity contribution in [2.75, 3.05) is 11.9 Å². The number of nitrogens with zero attached hydrogens (tertiary/aromatic N) is 1. The first kappa shape index (κ1) is 21.0. The standard InChI is InChI=1S/C20H38BrNO/c1-3-4-5-6-9-14-20(15-10-7-11-16-20)22(19(2)23)18-13-8-12-17-21/h3-18H2,1-2H3. The van der Waals surface area contributed by atoms with Crippen LogP contribution in [-0.4, -0.2) is 28.2 Å². The summed E-state index contributed by atoms with van der Waals surface area (Å²) in [7, 11) is 0. The zero-order valence-corrected chi connectivity index (χ0v) is 17.1. The van der Waals surface area contributed by atoms with Gasteiger partial charge in [-0.15, -0.1) is 0 Å². The second-order valence-electron chi connectivity index (χ2n) is 7.37. The Bertz CT molecular complexity index is 313. The molecule has 0 aliphatic heterocycles. The summed E-state index contributed by atoms with van der Waals surface area (Å²) < 4.78 is 0. The molecule has 0 saturated heterocycles. The molecule has 0 N–H and O–H groups in total.